The summed E-state index contributed by atoms with van der Waals surface area (Å²) in [7, 11) is -0.217. The number of hydrogen-bond donors (Lipinski definition) is 0. The van der Waals surface area contributed by atoms with E-state index in [0.29, 0.717) is 12.0 Å². The van der Waals surface area contributed by atoms with Crippen LogP contribution >= 0.6 is 0 Å². The predicted octanol–water partition coefficient (Wildman–Crippen LogP) is 3.22. The molecule has 1 heterocycles. The van der Waals surface area contributed by atoms with Gasteiger partial charge in [0.15, 0.2) is 11.2 Å². The Labute approximate surface area is 119 Å². The van der Waals surface area contributed by atoms with Gasteiger partial charge in [0, 0.05) is 0 Å². The molecule has 1 unspecified atom stereocenters. The van der Waals surface area contributed by atoms with Gasteiger partial charge in [-0.05, 0) is 25.0 Å². The Morgan fingerprint density at radius 2 is 2.00 bits per heavy atom. The van der Waals surface area contributed by atoms with Crippen LogP contribution in [0.15, 0.2) is 33.8 Å². The normalized spacial score (nSPS) is 24.2. The number of rotatable bonds is 4. The standard InChI is InChI=1S/C15H20O4Si/c1-10(20(3,4)5)12-8-15(12,14(17)18-2)13(16)11-6-7-19-9-11/h6-7,9H,8H2,1-5H3/b12-10+. The molecule has 20 heavy (non-hydrogen) atoms. The number of Topliss-reactive ketones (excluding diaryl/α,β-unsaturated/α-hetero) is 1. The Kier molecular flexibility index (Phi) is 3.50. The molecular weight excluding hydrogens is 272 g/mol. The maximum absolute atomic E-state index is 12.7. The number of hydrogen-bond acceptors (Lipinski definition) is 4. The molecule has 0 aromatic carbocycles. The highest BCUT2D eigenvalue weighted by Crippen LogP contribution is 2.57. The molecule has 1 fully saturated rings. The van der Waals surface area contributed by atoms with Gasteiger partial charge < -0.3 is 9.15 Å². The third kappa shape index (κ3) is 2.16. The van der Waals surface area contributed by atoms with Crippen LogP contribution < -0.4 is 0 Å². The van der Waals surface area contributed by atoms with Crippen LogP contribution in [0.25, 0.3) is 0 Å². The first-order valence-corrected chi connectivity index (χ1v) is 10.1. The number of carbonyl (C=O) groups is 2. The highest BCUT2D eigenvalue weighted by molar-refractivity contribution is 6.83. The molecule has 1 aromatic rings. The van der Waals surface area contributed by atoms with Crippen molar-refractivity contribution in [1.82, 2.24) is 0 Å². The predicted molar refractivity (Wildman–Crippen MR) is 78.2 cm³/mol. The summed E-state index contributed by atoms with van der Waals surface area (Å²) in [6.45, 7) is 8.66. The van der Waals surface area contributed by atoms with Gasteiger partial charge in [-0.15, -0.1) is 0 Å². The quantitative estimate of drug-likeness (QED) is 0.370. The van der Waals surface area contributed by atoms with Crippen LogP contribution in [0.1, 0.15) is 23.7 Å². The third-order valence-electron chi connectivity index (χ3n) is 4.11. The third-order valence-corrected chi connectivity index (χ3v) is 6.67. The van der Waals surface area contributed by atoms with Crippen LogP contribution in [0, 0.1) is 5.41 Å². The smallest absolute Gasteiger partial charge is 0.324 e. The summed E-state index contributed by atoms with van der Waals surface area (Å²) in [5.41, 5.74) is 0.256. The number of ketones is 1. The summed E-state index contributed by atoms with van der Waals surface area (Å²) in [6, 6.07) is 1.59. The summed E-state index contributed by atoms with van der Waals surface area (Å²) in [5.74, 6) is -0.679. The van der Waals surface area contributed by atoms with Gasteiger partial charge in [-0.25, -0.2) is 0 Å². The van der Waals surface area contributed by atoms with E-state index in [1.165, 1.54) is 24.8 Å². The van der Waals surface area contributed by atoms with Gasteiger partial charge in [0.1, 0.15) is 6.26 Å². The van der Waals surface area contributed by atoms with Crippen molar-refractivity contribution in [2.75, 3.05) is 7.11 Å². The number of esters is 1. The molecule has 108 valence electrons. The van der Waals surface area contributed by atoms with E-state index >= 15 is 0 Å². The van der Waals surface area contributed by atoms with Gasteiger partial charge in [0.2, 0.25) is 0 Å². The zero-order valence-electron chi connectivity index (χ0n) is 12.6. The molecular formula is C15H20O4Si. The van der Waals surface area contributed by atoms with E-state index in [2.05, 4.69) is 19.6 Å². The molecule has 0 aliphatic heterocycles. The molecule has 0 saturated heterocycles. The topological polar surface area (TPSA) is 56.5 Å². The summed E-state index contributed by atoms with van der Waals surface area (Å²) < 4.78 is 9.84. The van der Waals surface area contributed by atoms with Gasteiger partial charge in [-0.3, -0.25) is 9.59 Å². The SMILES string of the molecule is COC(=O)C1(C(=O)c2ccoc2)C/C1=C(/C)[Si](C)(C)C. The Morgan fingerprint density at radius 1 is 1.35 bits per heavy atom. The van der Waals surface area contributed by atoms with Crippen molar-refractivity contribution >= 4 is 19.8 Å². The van der Waals surface area contributed by atoms with Gasteiger partial charge in [-0.2, -0.15) is 0 Å². The second kappa shape index (κ2) is 4.73. The van der Waals surface area contributed by atoms with Crippen LogP contribution in [-0.4, -0.2) is 26.9 Å². The van der Waals surface area contributed by atoms with E-state index in [0.717, 1.165) is 5.57 Å². The van der Waals surface area contributed by atoms with Gasteiger partial charge in [0.25, 0.3) is 0 Å². The van der Waals surface area contributed by atoms with Crippen molar-refractivity contribution in [3.63, 3.8) is 0 Å². The van der Waals surface area contributed by atoms with E-state index in [1.807, 2.05) is 6.92 Å². The highest BCUT2D eigenvalue weighted by Gasteiger charge is 2.63. The van der Waals surface area contributed by atoms with Crippen molar-refractivity contribution in [2.24, 2.45) is 5.41 Å². The molecule has 1 aliphatic carbocycles. The number of ether oxygens (including phenoxy) is 1. The van der Waals surface area contributed by atoms with Gasteiger partial charge >= 0.3 is 5.97 Å². The van der Waals surface area contributed by atoms with Crippen LogP contribution in [0.5, 0.6) is 0 Å². The minimum absolute atomic E-state index is 0.217. The van der Waals surface area contributed by atoms with Gasteiger partial charge in [0.05, 0.1) is 27.0 Å². The average molecular weight is 292 g/mol. The number of furan rings is 1. The summed E-state index contributed by atoms with van der Waals surface area (Å²) in [4.78, 5) is 24.8. The minimum atomic E-state index is -1.54. The molecule has 4 nitrogen and oxygen atoms in total. The first-order valence-electron chi connectivity index (χ1n) is 6.61. The van der Waals surface area contributed by atoms with Crippen molar-refractivity contribution in [3.8, 4) is 0 Å². The van der Waals surface area contributed by atoms with Crippen LogP contribution in [0.2, 0.25) is 19.6 Å². The largest absolute Gasteiger partial charge is 0.472 e. The Hall–Kier alpha value is -1.62. The van der Waals surface area contributed by atoms with E-state index < -0.39 is 19.5 Å². The van der Waals surface area contributed by atoms with Crippen molar-refractivity contribution in [3.05, 3.63) is 34.9 Å². The molecule has 0 N–H and O–H groups in total. The fourth-order valence-corrected chi connectivity index (χ4v) is 3.65. The van der Waals surface area contributed by atoms with Gasteiger partial charge in [-0.1, -0.05) is 24.8 Å². The van der Waals surface area contributed by atoms with E-state index in [9.17, 15) is 9.59 Å². The number of methoxy groups -OCH3 is 1. The summed E-state index contributed by atoms with van der Waals surface area (Å²) in [6.07, 6.45) is 3.29. The second-order valence-corrected chi connectivity index (χ2v) is 11.5. The van der Waals surface area contributed by atoms with E-state index in [4.69, 9.17) is 9.15 Å². The van der Waals surface area contributed by atoms with Crippen molar-refractivity contribution in [2.45, 2.75) is 33.0 Å². The molecule has 0 radical (unpaired) electrons. The summed E-state index contributed by atoms with van der Waals surface area (Å²) >= 11 is 0. The lowest BCUT2D eigenvalue weighted by Crippen LogP contribution is -2.29. The zero-order valence-corrected chi connectivity index (χ0v) is 13.6. The average Bonchev–Trinajstić information content (AvgIpc) is 2.89. The molecule has 0 spiro atoms. The lowest BCUT2D eigenvalue weighted by molar-refractivity contribution is -0.144. The lowest BCUT2D eigenvalue weighted by atomic mass is 9.95. The molecule has 1 atom stereocenters. The molecule has 1 aliphatic rings. The maximum atomic E-state index is 12.7. The lowest BCUT2D eigenvalue weighted by Gasteiger charge is -2.18. The van der Waals surface area contributed by atoms with Crippen LogP contribution in [0.4, 0.5) is 0 Å². The zero-order chi connectivity index (χ0) is 15.1. The Morgan fingerprint density at radius 3 is 2.45 bits per heavy atom. The Balaban J connectivity index is 2.48. The molecule has 5 heteroatoms. The second-order valence-electron chi connectivity index (χ2n) is 6.27. The van der Waals surface area contributed by atoms with Crippen molar-refractivity contribution < 1.29 is 18.7 Å². The fraction of sp³-hybridized carbons (Fsp3) is 0.467. The first kappa shape index (κ1) is 14.8. The molecule has 2 rings (SSSR count). The maximum Gasteiger partial charge on any atom is 0.324 e. The monoisotopic (exact) mass is 292 g/mol. The van der Waals surface area contributed by atoms with Crippen LogP contribution in [-0.2, 0) is 9.53 Å². The summed E-state index contributed by atoms with van der Waals surface area (Å²) in [5, 5.41) is 1.21. The highest BCUT2D eigenvalue weighted by atomic mass is 28.3. The van der Waals surface area contributed by atoms with E-state index in [-0.39, 0.29) is 5.78 Å². The first-order chi connectivity index (χ1) is 9.25. The number of allylic oxidation sites excluding steroid dienone is 1. The van der Waals surface area contributed by atoms with E-state index in [1.54, 1.807) is 6.07 Å². The molecule has 0 bridgehead atoms. The minimum Gasteiger partial charge on any atom is -0.472 e. The molecule has 1 aromatic heterocycles. The fourth-order valence-electron chi connectivity index (χ4n) is 2.45. The molecule has 0 amide bonds. The van der Waals surface area contributed by atoms with Crippen LogP contribution in [0.3, 0.4) is 0 Å². The number of carbonyl (C=O) groups excluding carboxylic acids is 2. The molecule has 1 saturated carbocycles. The Bertz CT molecular complexity index is 578. The van der Waals surface area contributed by atoms with Crippen molar-refractivity contribution in [1.29, 1.82) is 0 Å².